The summed E-state index contributed by atoms with van der Waals surface area (Å²) < 4.78 is 4.82. The molecule has 1 rings (SSSR count). The van der Waals surface area contributed by atoms with Gasteiger partial charge >= 0.3 is 5.97 Å². The van der Waals surface area contributed by atoms with Crippen LogP contribution < -0.4 is 0 Å². The van der Waals surface area contributed by atoms with Crippen molar-refractivity contribution in [3.8, 4) is 0 Å². The number of hydrogen-bond acceptors (Lipinski definition) is 4. The maximum absolute atomic E-state index is 12.0. The van der Waals surface area contributed by atoms with E-state index in [2.05, 4.69) is 5.16 Å². The Kier molecular flexibility index (Phi) is 4.25. The van der Waals surface area contributed by atoms with Crippen LogP contribution in [-0.2, 0) is 4.79 Å². The van der Waals surface area contributed by atoms with Crippen molar-refractivity contribution in [2.45, 2.75) is 20.8 Å². The van der Waals surface area contributed by atoms with Crippen LogP contribution in [0.1, 0.15) is 30.1 Å². The van der Waals surface area contributed by atoms with Crippen molar-refractivity contribution < 1.29 is 19.2 Å². The Bertz CT molecular complexity index is 413. The molecule has 0 bridgehead atoms. The minimum absolute atomic E-state index is 0.163. The Hall–Kier alpha value is -1.85. The average Bonchev–Trinajstić information content (AvgIpc) is 2.71. The monoisotopic (exact) mass is 240 g/mol. The van der Waals surface area contributed by atoms with Gasteiger partial charge in [-0.1, -0.05) is 12.1 Å². The quantitative estimate of drug-likeness (QED) is 0.835. The van der Waals surface area contributed by atoms with Gasteiger partial charge in [0.1, 0.15) is 5.76 Å². The highest BCUT2D eigenvalue weighted by Crippen LogP contribution is 2.08. The van der Waals surface area contributed by atoms with Crippen LogP contribution in [0.2, 0.25) is 0 Å². The van der Waals surface area contributed by atoms with E-state index in [1.807, 2.05) is 0 Å². The second kappa shape index (κ2) is 5.47. The number of carboxylic acids is 1. The zero-order chi connectivity index (χ0) is 13.0. The number of aliphatic carboxylic acids is 1. The zero-order valence-electron chi connectivity index (χ0n) is 10.1. The maximum atomic E-state index is 12.0. The van der Waals surface area contributed by atoms with E-state index >= 15 is 0 Å². The molecule has 1 aromatic heterocycles. The third-order valence-corrected chi connectivity index (χ3v) is 2.43. The van der Waals surface area contributed by atoms with Gasteiger partial charge in [0.05, 0.1) is 5.92 Å². The van der Waals surface area contributed by atoms with Crippen LogP contribution >= 0.6 is 0 Å². The molecule has 6 nitrogen and oxygen atoms in total. The maximum Gasteiger partial charge on any atom is 0.308 e. The minimum Gasteiger partial charge on any atom is -0.481 e. The Morgan fingerprint density at radius 1 is 1.59 bits per heavy atom. The van der Waals surface area contributed by atoms with Gasteiger partial charge in [0.15, 0.2) is 5.69 Å². The number of aromatic nitrogens is 1. The number of hydrogen-bond donors (Lipinski definition) is 1. The third-order valence-electron chi connectivity index (χ3n) is 2.43. The van der Waals surface area contributed by atoms with E-state index in [4.69, 9.17) is 9.63 Å². The number of carboxylic acid groups (broad SMARTS) is 1. The SMILES string of the molecule is CCN(CC(C)C(=O)O)C(=O)c1cc(C)on1. The number of rotatable bonds is 5. The first kappa shape index (κ1) is 13.2. The van der Waals surface area contributed by atoms with Gasteiger partial charge in [0.2, 0.25) is 0 Å². The highest BCUT2D eigenvalue weighted by Gasteiger charge is 2.22. The zero-order valence-corrected chi connectivity index (χ0v) is 10.1. The standard InChI is InChI=1S/C11H16N2O4/c1-4-13(6-7(2)11(15)16)10(14)9-5-8(3)17-12-9/h5,7H,4,6H2,1-3H3,(H,15,16). The van der Waals surface area contributed by atoms with E-state index in [-0.39, 0.29) is 18.1 Å². The number of amides is 1. The Morgan fingerprint density at radius 3 is 2.65 bits per heavy atom. The smallest absolute Gasteiger partial charge is 0.308 e. The van der Waals surface area contributed by atoms with Gasteiger partial charge in [-0.05, 0) is 13.8 Å². The molecule has 0 aliphatic carbocycles. The molecule has 1 heterocycles. The van der Waals surface area contributed by atoms with Gasteiger partial charge in [-0.2, -0.15) is 0 Å². The summed E-state index contributed by atoms with van der Waals surface area (Å²) in [7, 11) is 0. The van der Waals surface area contributed by atoms with Gasteiger partial charge in [0.25, 0.3) is 5.91 Å². The Morgan fingerprint density at radius 2 is 2.24 bits per heavy atom. The highest BCUT2D eigenvalue weighted by molar-refractivity contribution is 5.92. The topological polar surface area (TPSA) is 83.6 Å². The fourth-order valence-electron chi connectivity index (χ4n) is 1.39. The van der Waals surface area contributed by atoms with Crippen LogP contribution in [0.15, 0.2) is 10.6 Å². The molecule has 94 valence electrons. The van der Waals surface area contributed by atoms with Crippen LogP contribution in [-0.4, -0.2) is 40.1 Å². The van der Waals surface area contributed by atoms with Crippen LogP contribution in [0.4, 0.5) is 0 Å². The minimum atomic E-state index is -0.924. The lowest BCUT2D eigenvalue weighted by atomic mass is 10.1. The van der Waals surface area contributed by atoms with Crippen LogP contribution in [0.3, 0.4) is 0 Å². The van der Waals surface area contributed by atoms with E-state index < -0.39 is 11.9 Å². The number of aryl methyl sites for hydroxylation is 1. The molecule has 6 heteroatoms. The summed E-state index contributed by atoms with van der Waals surface area (Å²) in [5.74, 6) is -1.28. The van der Waals surface area contributed by atoms with Crippen molar-refractivity contribution in [3.05, 3.63) is 17.5 Å². The molecule has 0 aromatic carbocycles. The fraction of sp³-hybridized carbons (Fsp3) is 0.545. The van der Waals surface area contributed by atoms with Crippen molar-refractivity contribution in [2.24, 2.45) is 5.92 Å². The molecule has 0 fully saturated rings. The first-order valence-electron chi connectivity index (χ1n) is 5.41. The summed E-state index contributed by atoms with van der Waals surface area (Å²) in [6, 6.07) is 1.54. The molecule has 1 atom stereocenters. The lowest BCUT2D eigenvalue weighted by molar-refractivity contribution is -0.141. The van der Waals surface area contributed by atoms with Crippen LogP contribution in [0, 0.1) is 12.8 Å². The van der Waals surface area contributed by atoms with Crippen molar-refractivity contribution in [3.63, 3.8) is 0 Å². The number of nitrogens with zero attached hydrogens (tertiary/aromatic N) is 2. The largest absolute Gasteiger partial charge is 0.481 e. The molecule has 1 N–H and O–H groups in total. The predicted octanol–water partition coefficient (Wildman–Crippen LogP) is 1.17. The van der Waals surface area contributed by atoms with E-state index in [0.29, 0.717) is 12.3 Å². The fourth-order valence-corrected chi connectivity index (χ4v) is 1.39. The lowest BCUT2D eigenvalue weighted by Gasteiger charge is -2.21. The number of carbonyl (C=O) groups is 2. The van der Waals surface area contributed by atoms with Crippen molar-refractivity contribution in [1.29, 1.82) is 0 Å². The molecule has 0 aliphatic heterocycles. The molecular weight excluding hydrogens is 224 g/mol. The van der Waals surface area contributed by atoms with Crippen LogP contribution in [0.25, 0.3) is 0 Å². The molecule has 17 heavy (non-hydrogen) atoms. The summed E-state index contributed by atoms with van der Waals surface area (Å²) >= 11 is 0. The van der Waals surface area contributed by atoms with Gasteiger partial charge in [-0.3, -0.25) is 9.59 Å². The van der Waals surface area contributed by atoms with Gasteiger partial charge in [-0.15, -0.1) is 0 Å². The normalized spacial score (nSPS) is 12.2. The first-order valence-corrected chi connectivity index (χ1v) is 5.41. The van der Waals surface area contributed by atoms with E-state index in [0.717, 1.165) is 0 Å². The summed E-state index contributed by atoms with van der Waals surface area (Å²) in [6.45, 7) is 5.64. The van der Waals surface area contributed by atoms with Gasteiger partial charge in [-0.25, -0.2) is 0 Å². The predicted molar refractivity (Wildman–Crippen MR) is 59.6 cm³/mol. The number of carbonyl (C=O) groups excluding carboxylic acids is 1. The molecule has 0 saturated carbocycles. The Balaban J connectivity index is 2.74. The van der Waals surface area contributed by atoms with E-state index in [1.165, 1.54) is 11.0 Å². The summed E-state index contributed by atoms with van der Waals surface area (Å²) in [5, 5.41) is 12.4. The molecule has 0 aliphatic rings. The van der Waals surface area contributed by atoms with Gasteiger partial charge in [0, 0.05) is 19.2 Å². The second-order valence-electron chi connectivity index (χ2n) is 3.91. The molecule has 1 amide bonds. The second-order valence-corrected chi connectivity index (χ2v) is 3.91. The highest BCUT2D eigenvalue weighted by atomic mass is 16.5. The summed E-state index contributed by atoms with van der Waals surface area (Å²) in [4.78, 5) is 24.1. The average molecular weight is 240 g/mol. The lowest BCUT2D eigenvalue weighted by Crippen LogP contribution is -2.36. The van der Waals surface area contributed by atoms with Crippen molar-refractivity contribution in [1.82, 2.24) is 10.1 Å². The van der Waals surface area contributed by atoms with Crippen molar-refractivity contribution >= 4 is 11.9 Å². The van der Waals surface area contributed by atoms with Gasteiger partial charge < -0.3 is 14.5 Å². The van der Waals surface area contributed by atoms with Crippen molar-refractivity contribution in [2.75, 3.05) is 13.1 Å². The van der Waals surface area contributed by atoms with Crippen LogP contribution in [0.5, 0.6) is 0 Å². The molecule has 0 radical (unpaired) electrons. The molecule has 1 aromatic rings. The first-order chi connectivity index (χ1) is 7.95. The molecule has 1 unspecified atom stereocenters. The Labute approximate surface area is 99.2 Å². The molecule has 0 saturated heterocycles. The summed E-state index contributed by atoms with van der Waals surface area (Å²) in [5.41, 5.74) is 0.210. The summed E-state index contributed by atoms with van der Waals surface area (Å²) in [6.07, 6.45) is 0. The molecular formula is C11H16N2O4. The third kappa shape index (κ3) is 3.30. The van der Waals surface area contributed by atoms with E-state index in [9.17, 15) is 9.59 Å². The van der Waals surface area contributed by atoms with E-state index in [1.54, 1.807) is 20.8 Å². The molecule has 0 spiro atoms.